The van der Waals surface area contributed by atoms with Crippen LogP contribution in [0.2, 0.25) is 0 Å². The number of amides is 3. The number of hydrogen-bond donors (Lipinski definition) is 2. The molecule has 0 saturated carbocycles. The molecule has 0 saturated heterocycles. The van der Waals surface area contributed by atoms with Crippen LogP contribution in [0.1, 0.15) is 21.5 Å². The summed E-state index contributed by atoms with van der Waals surface area (Å²) in [5.74, 6) is -2.89. The van der Waals surface area contributed by atoms with Crippen molar-refractivity contribution >= 4 is 23.4 Å². The standard InChI is InChI=1S/C25H23F2N3O3/c1-17-6-12-20(13-7-17)29-23(31)14-28-24(32)16-30(15-18-8-10-19(26)11-9-18)25(33)21-4-2-3-5-22(21)27/h2-13H,14-16H2,1H3,(H,28,32)(H,29,31). The lowest BCUT2D eigenvalue weighted by atomic mass is 10.1. The second-order valence-corrected chi connectivity index (χ2v) is 7.46. The molecule has 3 rings (SSSR count). The molecule has 0 aliphatic carbocycles. The van der Waals surface area contributed by atoms with Crippen LogP contribution in [0.25, 0.3) is 0 Å². The van der Waals surface area contributed by atoms with E-state index in [1.165, 1.54) is 42.5 Å². The Balaban J connectivity index is 1.65. The molecule has 0 unspecified atom stereocenters. The summed E-state index contributed by atoms with van der Waals surface area (Å²) in [5, 5.41) is 5.12. The SMILES string of the molecule is Cc1ccc(NC(=O)CNC(=O)CN(Cc2ccc(F)cc2)C(=O)c2ccccc2F)cc1. The van der Waals surface area contributed by atoms with Crippen molar-refractivity contribution in [3.63, 3.8) is 0 Å². The van der Waals surface area contributed by atoms with E-state index in [0.29, 0.717) is 11.3 Å². The molecule has 0 radical (unpaired) electrons. The third kappa shape index (κ3) is 6.96. The molecule has 0 bridgehead atoms. The summed E-state index contributed by atoms with van der Waals surface area (Å²) in [5.41, 5.74) is 2.00. The Morgan fingerprint density at radius 3 is 2.18 bits per heavy atom. The Labute approximate surface area is 190 Å². The number of benzene rings is 3. The van der Waals surface area contributed by atoms with Crippen LogP contribution in [0.5, 0.6) is 0 Å². The molecule has 0 atom stereocenters. The van der Waals surface area contributed by atoms with Crippen molar-refractivity contribution in [1.82, 2.24) is 10.2 Å². The maximum Gasteiger partial charge on any atom is 0.257 e. The second kappa shape index (κ2) is 11.0. The summed E-state index contributed by atoms with van der Waals surface area (Å²) in [7, 11) is 0. The molecule has 33 heavy (non-hydrogen) atoms. The first-order valence-corrected chi connectivity index (χ1v) is 10.2. The lowest BCUT2D eigenvalue weighted by Crippen LogP contribution is -2.42. The van der Waals surface area contributed by atoms with Gasteiger partial charge in [0.2, 0.25) is 11.8 Å². The molecule has 0 heterocycles. The fraction of sp³-hybridized carbons (Fsp3) is 0.160. The molecule has 2 N–H and O–H groups in total. The minimum atomic E-state index is -0.718. The number of rotatable bonds is 8. The summed E-state index contributed by atoms with van der Waals surface area (Å²) in [6.07, 6.45) is 0. The van der Waals surface area contributed by atoms with Gasteiger partial charge in [0.05, 0.1) is 12.1 Å². The van der Waals surface area contributed by atoms with Crippen molar-refractivity contribution < 1.29 is 23.2 Å². The van der Waals surface area contributed by atoms with Gasteiger partial charge in [0, 0.05) is 12.2 Å². The van der Waals surface area contributed by atoms with Gasteiger partial charge >= 0.3 is 0 Å². The first kappa shape index (κ1) is 23.6. The van der Waals surface area contributed by atoms with Crippen LogP contribution in [-0.4, -0.2) is 35.7 Å². The van der Waals surface area contributed by atoms with Gasteiger partial charge in [-0.15, -0.1) is 0 Å². The van der Waals surface area contributed by atoms with Crippen molar-refractivity contribution in [1.29, 1.82) is 0 Å². The predicted octanol–water partition coefficient (Wildman–Crippen LogP) is 3.67. The summed E-state index contributed by atoms with van der Waals surface area (Å²) in [6.45, 7) is 1.16. The Kier molecular flexibility index (Phi) is 7.86. The van der Waals surface area contributed by atoms with Crippen LogP contribution in [0, 0.1) is 18.6 Å². The zero-order valence-corrected chi connectivity index (χ0v) is 18.0. The lowest BCUT2D eigenvalue weighted by molar-refractivity contribution is -0.124. The first-order valence-electron chi connectivity index (χ1n) is 10.2. The summed E-state index contributed by atoms with van der Waals surface area (Å²) >= 11 is 0. The molecule has 0 aliphatic heterocycles. The van der Waals surface area contributed by atoms with E-state index >= 15 is 0 Å². The van der Waals surface area contributed by atoms with E-state index in [-0.39, 0.29) is 18.7 Å². The van der Waals surface area contributed by atoms with Crippen LogP contribution in [-0.2, 0) is 16.1 Å². The lowest BCUT2D eigenvalue weighted by Gasteiger charge is -2.23. The average molecular weight is 451 g/mol. The van der Waals surface area contributed by atoms with Crippen LogP contribution < -0.4 is 10.6 Å². The number of nitrogens with one attached hydrogen (secondary N) is 2. The molecule has 0 aliphatic rings. The Morgan fingerprint density at radius 1 is 0.848 bits per heavy atom. The molecule has 0 spiro atoms. The van der Waals surface area contributed by atoms with Crippen molar-refractivity contribution in [2.75, 3.05) is 18.4 Å². The predicted molar refractivity (Wildman–Crippen MR) is 120 cm³/mol. The fourth-order valence-electron chi connectivity index (χ4n) is 3.06. The Morgan fingerprint density at radius 2 is 1.52 bits per heavy atom. The van der Waals surface area contributed by atoms with Crippen LogP contribution in [0.3, 0.4) is 0 Å². The Bertz CT molecular complexity index is 1130. The monoisotopic (exact) mass is 451 g/mol. The number of aryl methyl sites for hydroxylation is 1. The number of anilines is 1. The van der Waals surface area contributed by atoms with Crippen molar-refractivity contribution in [2.24, 2.45) is 0 Å². The van der Waals surface area contributed by atoms with Gasteiger partial charge in [-0.25, -0.2) is 8.78 Å². The number of halogens is 2. The van der Waals surface area contributed by atoms with Gasteiger partial charge in [-0.1, -0.05) is 42.0 Å². The van der Waals surface area contributed by atoms with Gasteiger partial charge in [-0.3, -0.25) is 14.4 Å². The zero-order chi connectivity index (χ0) is 23.8. The van der Waals surface area contributed by atoms with Gasteiger partial charge < -0.3 is 15.5 Å². The number of carbonyl (C=O) groups excluding carboxylic acids is 3. The van der Waals surface area contributed by atoms with E-state index in [1.54, 1.807) is 12.1 Å². The highest BCUT2D eigenvalue weighted by Crippen LogP contribution is 2.14. The molecule has 170 valence electrons. The quantitative estimate of drug-likeness (QED) is 0.549. The average Bonchev–Trinajstić information content (AvgIpc) is 2.80. The van der Waals surface area contributed by atoms with Crippen LogP contribution in [0.15, 0.2) is 72.8 Å². The van der Waals surface area contributed by atoms with E-state index in [2.05, 4.69) is 10.6 Å². The third-order valence-electron chi connectivity index (χ3n) is 4.79. The van der Waals surface area contributed by atoms with Gasteiger partial charge in [0.15, 0.2) is 0 Å². The molecule has 6 nitrogen and oxygen atoms in total. The molecule has 0 aromatic heterocycles. The molecule has 3 amide bonds. The van der Waals surface area contributed by atoms with E-state index in [1.807, 2.05) is 19.1 Å². The van der Waals surface area contributed by atoms with Crippen LogP contribution >= 0.6 is 0 Å². The summed E-state index contributed by atoms with van der Waals surface area (Å²) < 4.78 is 27.4. The van der Waals surface area contributed by atoms with E-state index in [9.17, 15) is 23.2 Å². The first-order chi connectivity index (χ1) is 15.8. The number of hydrogen-bond acceptors (Lipinski definition) is 3. The van der Waals surface area contributed by atoms with Crippen molar-refractivity contribution in [3.8, 4) is 0 Å². The topological polar surface area (TPSA) is 78.5 Å². The molecular weight excluding hydrogens is 428 g/mol. The highest BCUT2D eigenvalue weighted by Gasteiger charge is 2.22. The largest absolute Gasteiger partial charge is 0.345 e. The second-order valence-electron chi connectivity index (χ2n) is 7.46. The number of nitrogens with zero attached hydrogens (tertiary/aromatic N) is 1. The molecule has 3 aromatic rings. The highest BCUT2D eigenvalue weighted by molar-refractivity contribution is 5.98. The highest BCUT2D eigenvalue weighted by atomic mass is 19.1. The number of carbonyl (C=O) groups is 3. The molecule has 3 aromatic carbocycles. The smallest absolute Gasteiger partial charge is 0.257 e. The van der Waals surface area contributed by atoms with E-state index in [0.717, 1.165) is 16.5 Å². The van der Waals surface area contributed by atoms with Gasteiger partial charge in [-0.2, -0.15) is 0 Å². The molecule has 0 fully saturated rings. The normalized spacial score (nSPS) is 10.4. The van der Waals surface area contributed by atoms with E-state index in [4.69, 9.17) is 0 Å². The van der Waals surface area contributed by atoms with Gasteiger partial charge in [0.25, 0.3) is 5.91 Å². The maximum absolute atomic E-state index is 14.2. The molecular formula is C25H23F2N3O3. The summed E-state index contributed by atoms with van der Waals surface area (Å²) in [4.78, 5) is 38.7. The minimum Gasteiger partial charge on any atom is -0.345 e. The van der Waals surface area contributed by atoms with E-state index < -0.39 is 35.9 Å². The van der Waals surface area contributed by atoms with Crippen molar-refractivity contribution in [3.05, 3.63) is 101 Å². The Hall–Kier alpha value is -4.07. The maximum atomic E-state index is 14.2. The van der Waals surface area contributed by atoms with Crippen LogP contribution in [0.4, 0.5) is 14.5 Å². The van der Waals surface area contributed by atoms with Gasteiger partial charge in [0.1, 0.15) is 18.2 Å². The fourth-order valence-corrected chi connectivity index (χ4v) is 3.06. The van der Waals surface area contributed by atoms with Gasteiger partial charge in [-0.05, 0) is 48.9 Å². The minimum absolute atomic E-state index is 0.0452. The summed E-state index contributed by atoms with van der Waals surface area (Å²) in [6, 6.07) is 18.0. The third-order valence-corrected chi connectivity index (χ3v) is 4.79. The molecule has 8 heteroatoms. The zero-order valence-electron chi connectivity index (χ0n) is 18.0. The van der Waals surface area contributed by atoms with Crippen molar-refractivity contribution in [2.45, 2.75) is 13.5 Å².